The van der Waals surface area contributed by atoms with Gasteiger partial charge in [0.2, 0.25) is 0 Å². The standard InChI is InChI=1S/C15H12ClFN2O/c16-11-6-3-4-9-8-13(20-15(9)11)14(19-18)10-5-1-2-7-12(10)17/h1-8,14,19H,18H2. The van der Waals surface area contributed by atoms with Crippen LogP contribution in [0.3, 0.4) is 0 Å². The van der Waals surface area contributed by atoms with Crippen LogP contribution < -0.4 is 11.3 Å². The van der Waals surface area contributed by atoms with Gasteiger partial charge in [-0.15, -0.1) is 0 Å². The summed E-state index contributed by atoms with van der Waals surface area (Å²) in [4.78, 5) is 0. The van der Waals surface area contributed by atoms with Crippen LogP contribution in [-0.4, -0.2) is 0 Å². The van der Waals surface area contributed by atoms with Gasteiger partial charge in [-0.1, -0.05) is 41.9 Å². The minimum atomic E-state index is -0.570. The van der Waals surface area contributed by atoms with Crippen molar-refractivity contribution in [1.82, 2.24) is 5.43 Å². The minimum Gasteiger partial charge on any atom is -0.457 e. The summed E-state index contributed by atoms with van der Waals surface area (Å²) >= 11 is 6.08. The van der Waals surface area contributed by atoms with Gasteiger partial charge in [0.1, 0.15) is 17.6 Å². The first-order valence-corrected chi connectivity index (χ1v) is 6.47. The smallest absolute Gasteiger partial charge is 0.152 e. The maximum atomic E-state index is 13.9. The summed E-state index contributed by atoms with van der Waals surface area (Å²) in [5.41, 5.74) is 3.57. The largest absolute Gasteiger partial charge is 0.457 e. The Bertz CT molecular complexity index is 756. The predicted molar refractivity (Wildman–Crippen MR) is 76.8 cm³/mol. The van der Waals surface area contributed by atoms with E-state index < -0.39 is 6.04 Å². The van der Waals surface area contributed by atoms with Crippen LogP contribution in [0.2, 0.25) is 5.02 Å². The molecule has 102 valence electrons. The second-order valence-corrected chi connectivity index (χ2v) is 4.84. The summed E-state index contributed by atoms with van der Waals surface area (Å²) in [7, 11) is 0. The van der Waals surface area contributed by atoms with Crippen molar-refractivity contribution in [2.45, 2.75) is 6.04 Å². The zero-order valence-corrected chi connectivity index (χ0v) is 11.2. The molecule has 2 aromatic carbocycles. The molecule has 5 heteroatoms. The summed E-state index contributed by atoms with van der Waals surface area (Å²) in [5, 5.41) is 1.36. The molecule has 3 rings (SSSR count). The molecule has 0 bridgehead atoms. The minimum absolute atomic E-state index is 0.345. The number of rotatable bonds is 3. The highest BCUT2D eigenvalue weighted by molar-refractivity contribution is 6.34. The van der Waals surface area contributed by atoms with Crippen LogP contribution in [-0.2, 0) is 0 Å². The van der Waals surface area contributed by atoms with Crippen LogP contribution >= 0.6 is 11.6 Å². The van der Waals surface area contributed by atoms with E-state index in [1.54, 1.807) is 30.3 Å². The number of halogens is 2. The van der Waals surface area contributed by atoms with Crippen molar-refractivity contribution in [2.24, 2.45) is 5.84 Å². The fourth-order valence-electron chi connectivity index (χ4n) is 2.22. The monoisotopic (exact) mass is 290 g/mol. The van der Waals surface area contributed by atoms with E-state index >= 15 is 0 Å². The summed E-state index contributed by atoms with van der Waals surface area (Å²) < 4.78 is 19.6. The van der Waals surface area contributed by atoms with Gasteiger partial charge in [0, 0.05) is 10.9 Å². The molecule has 0 fully saturated rings. The van der Waals surface area contributed by atoms with Crippen molar-refractivity contribution in [3.8, 4) is 0 Å². The number of furan rings is 1. The highest BCUT2D eigenvalue weighted by atomic mass is 35.5. The van der Waals surface area contributed by atoms with E-state index in [9.17, 15) is 4.39 Å². The SMILES string of the molecule is NNC(c1cc2cccc(Cl)c2o1)c1ccccc1F. The summed E-state index contributed by atoms with van der Waals surface area (Å²) in [6.45, 7) is 0. The van der Waals surface area contributed by atoms with E-state index in [2.05, 4.69) is 5.43 Å². The summed E-state index contributed by atoms with van der Waals surface area (Å²) in [6, 6.07) is 13.1. The number of para-hydroxylation sites is 1. The number of nitrogens with one attached hydrogen (secondary N) is 1. The molecular weight excluding hydrogens is 279 g/mol. The maximum Gasteiger partial charge on any atom is 0.152 e. The number of hydrazine groups is 1. The molecule has 0 saturated heterocycles. The van der Waals surface area contributed by atoms with E-state index in [1.165, 1.54) is 6.07 Å². The van der Waals surface area contributed by atoms with Crippen LogP contribution in [0.4, 0.5) is 4.39 Å². The first kappa shape index (κ1) is 13.1. The predicted octanol–water partition coefficient (Wildman–Crippen LogP) is 3.78. The number of hydrogen-bond acceptors (Lipinski definition) is 3. The molecule has 0 spiro atoms. The molecule has 1 heterocycles. The number of hydrogen-bond donors (Lipinski definition) is 2. The van der Waals surface area contributed by atoms with Crippen molar-refractivity contribution in [3.63, 3.8) is 0 Å². The molecule has 1 atom stereocenters. The molecular formula is C15H12ClFN2O. The Hall–Kier alpha value is -1.88. The molecule has 0 aliphatic rings. The molecule has 0 saturated carbocycles. The van der Waals surface area contributed by atoms with Crippen LogP contribution in [0, 0.1) is 5.82 Å². The van der Waals surface area contributed by atoms with E-state index in [4.69, 9.17) is 21.9 Å². The van der Waals surface area contributed by atoms with E-state index in [0.717, 1.165) is 5.39 Å². The fourth-order valence-corrected chi connectivity index (χ4v) is 2.44. The van der Waals surface area contributed by atoms with Gasteiger partial charge < -0.3 is 4.42 Å². The van der Waals surface area contributed by atoms with Crippen molar-refractivity contribution < 1.29 is 8.81 Å². The third-order valence-electron chi connectivity index (χ3n) is 3.18. The lowest BCUT2D eigenvalue weighted by atomic mass is 10.0. The quantitative estimate of drug-likeness (QED) is 0.570. The number of fused-ring (bicyclic) bond motifs is 1. The summed E-state index contributed by atoms with van der Waals surface area (Å²) in [5.74, 6) is 5.73. The Kier molecular flexibility index (Phi) is 3.44. The average Bonchev–Trinajstić information content (AvgIpc) is 2.87. The first-order valence-electron chi connectivity index (χ1n) is 6.09. The second kappa shape index (κ2) is 5.25. The molecule has 1 aromatic heterocycles. The lowest BCUT2D eigenvalue weighted by molar-refractivity contribution is 0.463. The van der Waals surface area contributed by atoms with Gasteiger partial charge in [0.15, 0.2) is 5.58 Å². The average molecular weight is 291 g/mol. The van der Waals surface area contributed by atoms with Crippen molar-refractivity contribution in [1.29, 1.82) is 0 Å². The molecule has 0 radical (unpaired) electrons. The highest BCUT2D eigenvalue weighted by Crippen LogP contribution is 2.32. The van der Waals surface area contributed by atoms with Gasteiger partial charge in [-0.25, -0.2) is 9.82 Å². The fraction of sp³-hybridized carbons (Fsp3) is 0.0667. The Labute approximate surface area is 120 Å². The van der Waals surface area contributed by atoms with Gasteiger partial charge in [-0.3, -0.25) is 5.84 Å². The van der Waals surface area contributed by atoms with Crippen molar-refractivity contribution in [2.75, 3.05) is 0 Å². The third-order valence-corrected chi connectivity index (χ3v) is 3.48. The number of benzene rings is 2. The maximum absolute atomic E-state index is 13.9. The lowest BCUT2D eigenvalue weighted by Crippen LogP contribution is -2.29. The van der Waals surface area contributed by atoms with Crippen LogP contribution in [0.15, 0.2) is 52.9 Å². The zero-order valence-electron chi connectivity index (χ0n) is 10.4. The van der Waals surface area contributed by atoms with Gasteiger partial charge >= 0.3 is 0 Å². The van der Waals surface area contributed by atoms with Crippen LogP contribution in [0.5, 0.6) is 0 Å². The van der Waals surface area contributed by atoms with Gasteiger partial charge in [0.05, 0.1) is 5.02 Å². The molecule has 3 nitrogen and oxygen atoms in total. The molecule has 1 unspecified atom stereocenters. The third kappa shape index (κ3) is 2.18. The van der Waals surface area contributed by atoms with Gasteiger partial charge in [0.25, 0.3) is 0 Å². The topological polar surface area (TPSA) is 51.2 Å². The van der Waals surface area contributed by atoms with E-state index in [-0.39, 0.29) is 5.82 Å². The molecule has 0 aliphatic heterocycles. The Morgan fingerprint density at radius 1 is 1.15 bits per heavy atom. The molecule has 3 aromatic rings. The van der Waals surface area contributed by atoms with Crippen LogP contribution in [0.25, 0.3) is 11.0 Å². The van der Waals surface area contributed by atoms with Crippen molar-refractivity contribution in [3.05, 3.63) is 70.7 Å². The molecule has 20 heavy (non-hydrogen) atoms. The van der Waals surface area contributed by atoms with E-state index in [0.29, 0.717) is 21.9 Å². The lowest BCUT2D eigenvalue weighted by Gasteiger charge is -2.14. The highest BCUT2D eigenvalue weighted by Gasteiger charge is 2.20. The molecule has 3 N–H and O–H groups in total. The van der Waals surface area contributed by atoms with Gasteiger partial charge in [-0.2, -0.15) is 0 Å². The Balaban J connectivity index is 2.12. The Morgan fingerprint density at radius 3 is 2.65 bits per heavy atom. The summed E-state index contributed by atoms with van der Waals surface area (Å²) in [6.07, 6.45) is 0. The normalized spacial score (nSPS) is 12.8. The first-order chi connectivity index (χ1) is 9.70. The molecule has 0 aliphatic carbocycles. The second-order valence-electron chi connectivity index (χ2n) is 4.43. The zero-order chi connectivity index (χ0) is 14.1. The van der Waals surface area contributed by atoms with Gasteiger partial charge in [-0.05, 0) is 18.2 Å². The van der Waals surface area contributed by atoms with E-state index in [1.807, 2.05) is 12.1 Å². The number of nitrogens with two attached hydrogens (primary N) is 1. The molecule has 0 amide bonds. The Morgan fingerprint density at radius 2 is 1.95 bits per heavy atom. The van der Waals surface area contributed by atoms with Crippen molar-refractivity contribution >= 4 is 22.6 Å². The van der Waals surface area contributed by atoms with Crippen LogP contribution in [0.1, 0.15) is 17.4 Å².